The Kier molecular flexibility index (Phi) is 12.1. The van der Waals surface area contributed by atoms with Crippen LogP contribution in [0.25, 0.3) is 0 Å². The fraction of sp³-hybridized carbons (Fsp3) is 0.458. The van der Waals surface area contributed by atoms with Crippen molar-refractivity contribution in [2.24, 2.45) is 4.99 Å². The molecule has 0 radical (unpaired) electrons. The number of aliphatic imine (C=N–C) groups is 1. The number of aliphatic hydroxyl groups is 1. The number of ether oxygens (including phenoxy) is 4. The van der Waals surface area contributed by atoms with Crippen molar-refractivity contribution in [3.05, 3.63) is 47.0 Å². The Morgan fingerprint density at radius 2 is 1.64 bits per heavy atom. The van der Waals surface area contributed by atoms with Gasteiger partial charge in [0.2, 0.25) is 0 Å². The van der Waals surface area contributed by atoms with Crippen molar-refractivity contribution < 1.29 is 24.1 Å². The molecule has 2 aromatic rings. The number of guanidine groups is 1. The Morgan fingerprint density at radius 3 is 2.21 bits per heavy atom. The standard InChI is InChI=1S/C24H35N3O5.HI/c1-8-25-24(26-14-20(28)19-13-18(29-4)9-10-21(19)30-5)27(3)15-17-12-23(32-7)22(31-6)11-16(17)2;/h9-13,20,28H,8,14-15H2,1-7H3,(H,25,26);1H. The van der Waals surface area contributed by atoms with E-state index in [1.807, 2.05) is 37.9 Å². The first-order valence-corrected chi connectivity index (χ1v) is 10.5. The van der Waals surface area contributed by atoms with Gasteiger partial charge in [-0.05, 0) is 55.3 Å². The zero-order chi connectivity index (χ0) is 23.7. The number of aliphatic hydroxyl groups excluding tert-OH is 1. The second kappa shape index (κ2) is 14.0. The van der Waals surface area contributed by atoms with E-state index in [1.165, 1.54) is 0 Å². The van der Waals surface area contributed by atoms with Crippen LogP contribution in [0.4, 0.5) is 0 Å². The number of aryl methyl sites for hydroxylation is 1. The van der Waals surface area contributed by atoms with Crippen LogP contribution >= 0.6 is 24.0 Å². The number of rotatable bonds is 10. The molecule has 0 saturated heterocycles. The first-order valence-electron chi connectivity index (χ1n) is 10.5. The molecule has 0 bridgehead atoms. The van der Waals surface area contributed by atoms with Gasteiger partial charge in [0.05, 0.1) is 35.0 Å². The van der Waals surface area contributed by atoms with E-state index in [2.05, 4.69) is 10.3 Å². The second-order valence-corrected chi connectivity index (χ2v) is 7.31. The van der Waals surface area contributed by atoms with Gasteiger partial charge in [-0.15, -0.1) is 24.0 Å². The van der Waals surface area contributed by atoms with Crippen molar-refractivity contribution in [2.45, 2.75) is 26.5 Å². The Hall–Kier alpha value is -2.40. The van der Waals surface area contributed by atoms with Crippen LogP contribution < -0.4 is 24.3 Å². The fourth-order valence-electron chi connectivity index (χ4n) is 3.36. The Labute approximate surface area is 213 Å². The molecule has 0 aliphatic heterocycles. The fourth-order valence-corrected chi connectivity index (χ4v) is 3.36. The number of benzene rings is 2. The second-order valence-electron chi connectivity index (χ2n) is 7.31. The topological polar surface area (TPSA) is 84.8 Å². The summed E-state index contributed by atoms with van der Waals surface area (Å²) in [7, 11) is 8.37. The minimum atomic E-state index is -0.843. The maximum Gasteiger partial charge on any atom is 0.194 e. The summed E-state index contributed by atoms with van der Waals surface area (Å²) in [6.07, 6.45) is -0.843. The molecule has 0 aromatic heterocycles. The molecular weight excluding hydrogens is 537 g/mol. The highest BCUT2D eigenvalue weighted by molar-refractivity contribution is 14.0. The lowest BCUT2D eigenvalue weighted by Crippen LogP contribution is -2.39. The average Bonchev–Trinajstić information content (AvgIpc) is 2.81. The molecule has 0 aliphatic carbocycles. The third-order valence-corrected chi connectivity index (χ3v) is 5.16. The summed E-state index contributed by atoms with van der Waals surface area (Å²) in [4.78, 5) is 6.66. The number of nitrogens with one attached hydrogen (secondary N) is 1. The number of nitrogens with zero attached hydrogens (tertiary/aromatic N) is 2. The van der Waals surface area contributed by atoms with Crippen LogP contribution in [-0.4, -0.2) is 64.5 Å². The normalized spacial score (nSPS) is 11.8. The predicted molar refractivity (Wildman–Crippen MR) is 142 cm³/mol. The highest BCUT2D eigenvalue weighted by atomic mass is 127. The molecule has 184 valence electrons. The van der Waals surface area contributed by atoms with E-state index < -0.39 is 6.10 Å². The van der Waals surface area contributed by atoms with Crippen LogP contribution in [0.3, 0.4) is 0 Å². The molecule has 0 heterocycles. The molecule has 1 unspecified atom stereocenters. The monoisotopic (exact) mass is 573 g/mol. The number of hydrogen-bond acceptors (Lipinski definition) is 6. The van der Waals surface area contributed by atoms with Crippen molar-refractivity contribution in [1.29, 1.82) is 0 Å². The summed E-state index contributed by atoms with van der Waals surface area (Å²) in [5.74, 6) is 3.31. The number of halogens is 1. The first kappa shape index (κ1) is 28.6. The molecule has 1 atom stereocenters. The summed E-state index contributed by atoms with van der Waals surface area (Å²) in [5, 5.41) is 14.1. The molecule has 0 fully saturated rings. The maximum absolute atomic E-state index is 10.8. The molecule has 0 aliphatic rings. The lowest BCUT2D eigenvalue weighted by molar-refractivity contribution is 0.181. The first-order chi connectivity index (χ1) is 15.4. The molecule has 8 nitrogen and oxygen atoms in total. The molecular formula is C24H36IN3O5. The number of methoxy groups -OCH3 is 4. The third kappa shape index (κ3) is 7.56. The van der Waals surface area contributed by atoms with E-state index in [1.54, 1.807) is 46.6 Å². The molecule has 33 heavy (non-hydrogen) atoms. The third-order valence-electron chi connectivity index (χ3n) is 5.16. The van der Waals surface area contributed by atoms with Crippen LogP contribution in [0.2, 0.25) is 0 Å². The SMILES string of the molecule is CCNC(=NCC(O)c1cc(OC)ccc1OC)N(C)Cc1cc(OC)c(OC)cc1C.I. The predicted octanol–water partition coefficient (Wildman–Crippen LogP) is 3.78. The van der Waals surface area contributed by atoms with Crippen molar-refractivity contribution in [2.75, 3.05) is 48.6 Å². The van der Waals surface area contributed by atoms with Gasteiger partial charge in [0.1, 0.15) is 17.6 Å². The van der Waals surface area contributed by atoms with Crippen molar-refractivity contribution in [3.8, 4) is 23.0 Å². The zero-order valence-electron chi connectivity index (χ0n) is 20.5. The van der Waals surface area contributed by atoms with E-state index >= 15 is 0 Å². The van der Waals surface area contributed by atoms with E-state index in [0.29, 0.717) is 47.6 Å². The molecule has 2 aromatic carbocycles. The van der Waals surface area contributed by atoms with Gasteiger partial charge in [0.25, 0.3) is 0 Å². The van der Waals surface area contributed by atoms with Crippen LogP contribution in [0, 0.1) is 6.92 Å². The molecule has 9 heteroatoms. The lowest BCUT2D eigenvalue weighted by atomic mass is 10.1. The highest BCUT2D eigenvalue weighted by Gasteiger charge is 2.17. The quantitative estimate of drug-likeness (QED) is 0.254. The van der Waals surface area contributed by atoms with Gasteiger partial charge in [-0.25, -0.2) is 0 Å². The Bertz CT molecular complexity index is 923. The maximum atomic E-state index is 10.8. The minimum Gasteiger partial charge on any atom is -0.497 e. The van der Waals surface area contributed by atoms with Crippen LogP contribution in [0.5, 0.6) is 23.0 Å². The smallest absolute Gasteiger partial charge is 0.194 e. The van der Waals surface area contributed by atoms with E-state index in [9.17, 15) is 5.11 Å². The van der Waals surface area contributed by atoms with Gasteiger partial charge in [0.15, 0.2) is 17.5 Å². The van der Waals surface area contributed by atoms with E-state index in [4.69, 9.17) is 18.9 Å². The summed E-state index contributed by atoms with van der Waals surface area (Å²) >= 11 is 0. The van der Waals surface area contributed by atoms with Crippen LogP contribution in [0.15, 0.2) is 35.3 Å². The highest BCUT2D eigenvalue weighted by Crippen LogP contribution is 2.31. The molecule has 2 rings (SSSR count). The van der Waals surface area contributed by atoms with Crippen LogP contribution in [-0.2, 0) is 6.54 Å². The van der Waals surface area contributed by atoms with Gasteiger partial charge in [-0.3, -0.25) is 4.99 Å². The van der Waals surface area contributed by atoms with Crippen molar-refractivity contribution >= 4 is 29.9 Å². The minimum absolute atomic E-state index is 0. The molecule has 0 saturated carbocycles. The summed E-state index contributed by atoms with van der Waals surface area (Å²) in [6, 6.07) is 9.28. The van der Waals surface area contributed by atoms with Gasteiger partial charge < -0.3 is 34.3 Å². The molecule has 0 amide bonds. The summed E-state index contributed by atoms with van der Waals surface area (Å²) in [5.41, 5.74) is 2.81. The Balaban J connectivity index is 0.00000544. The average molecular weight is 573 g/mol. The number of hydrogen-bond donors (Lipinski definition) is 2. The van der Waals surface area contributed by atoms with E-state index in [-0.39, 0.29) is 30.5 Å². The van der Waals surface area contributed by atoms with Gasteiger partial charge >= 0.3 is 0 Å². The summed E-state index contributed by atoms with van der Waals surface area (Å²) < 4.78 is 21.5. The van der Waals surface area contributed by atoms with Crippen molar-refractivity contribution in [1.82, 2.24) is 10.2 Å². The largest absolute Gasteiger partial charge is 0.497 e. The molecule has 2 N–H and O–H groups in total. The summed E-state index contributed by atoms with van der Waals surface area (Å²) in [6.45, 7) is 5.52. The molecule has 0 spiro atoms. The lowest BCUT2D eigenvalue weighted by Gasteiger charge is -2.24. The van der Waals surface area contributed by atoms with E-state index in [0.717, 1.165) is 11.1 Å². The van der Waals surface area contributed by atoms with Crippen LogP contribution in [0.1, 0.15) is 29.7 Å². The zero-order valence-corrected chi connectivity index (χ0v) is 22.8. The van der Waals surface area contributed by atoms with Gasteiger partial charge in [-0.1, -0.05) is 0 Å². The Morgan fingerprint density at radius 1 is 1.00 bits per heavy atom. The van der Waals surface area contributed by atoms with Crippen molar-refractivity contribution in [3.63, 3.8) is 0 Å². The van der Waals surface area contributed by atoms with Gasteiger partial charge in [-0.2, -0.15) is 0 Å². The van der Waals surface area contributed by atoms with Gasteiger partial charge in [0, 0.05) is 25.7 Å².